The molecular formula is C15H18F2O4. The Morgan fingerprint density at radius 1 is 1.14 bits per heavy atom. The highest BCUT2D eigenvalue weighted by Gasteiger charge is 2.23. The summed E-state index contributed by atoms with van der Waals surface area (Å²) in [4.78, 5) is 23.2. The fraction of sp³-hybridized carbons (Fsp3) is 0.467. The molecule has 0 heterocycles. The van der Waals surface area contributed by atoms with E-state index < -0.39 is 18.4 Å². The summed E-state index contributed by atoms with van der Waals surface area (Å²) < 4.78 is 35.7. The number of benzene rings is 1. The summed E-state index contributed by atoms with van der Waals surface area (Å²) in [5.74, 6) is -1.23. The molecule has 0 aromatic heterocycles. The maximum absolute atomic E-state index is 13.0. The van der Waals surface area contributed by atoms with Crippen molar-refractivity contribution < 1.29 is 27.8 Å². The number of carbonyl (C=O) groups excluding carboxylic acids is 2. The predicted molar refractivity (Wildman–Crippen MR) is 72.3 cm³/mol. The monoisotopic (exact) mass is 300 g/mol. The van der Waals surface area contributed by atoms with E-state index in [9.17, 15) is 18.4 Å². The zero-order valence-electron chi connectivity index (χ0n) is 12.0. The number of carbonyl (C=O) groups is 2. The molecule has 21 heavy (non-hydrogen) atoms. The van der Waals surface area contributed by atoms with Gasteiger partial charge < -0.3 is 9.47 Å². The minimum atomic E-state index is -2.79. The molecule has 0 aliphatic rings. The highest BCUT2D eigenvalue weighted by molar-refractivity contribution is 5.93. The summed E-state index contributed by atoms with van der Waals surface area (Å²) in [7, 11) is 0. The number of halogens is 2. The Bertz CT molecular complexity index is 500. The lowest BCUT2D eigenvalue weighted by atomic mass is 9.97. The van der Waals surface area contributed by atoms with Crippen molar-refractivity contribution in [1.29, 1.82) is 0 Å². The van der Waals surface area contributed by atoms with Crippen molar-refractivity contribution in [3.63, 3.8) is 0 Å². The van der Waals surface area contributed by atoms with Gasteiger partial charge in [0.25, 0.3) is 6.43 Å². The largest absolute Gasteiger partial charge is 0.466 e. The molecule has 0 amide bonds. The van der Waals surface area contributed by atoms with Gasteiger partial charge in [-0.3, -0.25) is 4.79 Å². The van der Waals surface area contributed by atoms with Gasteiger partial charge >= 0.3 is 11.9 Å². The summed E-state index contributed by atoms with van der Waals surface area (Å²) in [5, 5.41) is 0. The third-order valence-corrected chi connectivity index (χ3v) is 2.80. The first kappa shape index (κ1) is 17.1. The van der Waals surface area contributed by atoms with Gasteiger partial charge in [0, 0.05) is 12.0 Å². The molecule has 116 valence electrons. The van der Waals surface area contributed by atoms with Gasteiger partial charge in [-0.05, 0) is 25.8 Å². The van der Waals surface area contributed by atoms with E-state index in [1.807, 2.05) is 0 Å². The Balaban J connectivity index is 3.04. The van der Waals surface area contributed by atoms with E-state index in [4.69, 9.17) is 9.47 Å². The smallest absolute Gasteiger partial charge is 0.338 e. The van der Waals surface area contributed by atoms with E-state index >= 15 is 0 Å². The van der Waals surface area contributed by atoms with Crippen LogP contribution in [0.4, 0.5) is 8.78 Å². The number of alkyl halides is 2. The molecule has 6 heteroatoms. The normalized spacial score (nSPS) is 10.5. The molecule has 0 saturated carbocycles. The summed E-state index contributed by atoms with van der Waals surface area (Å²) in [6, 6.07) is 4.16. The van der Waals surface area contributed by atoms with E-state index in [2.05, 4.69) is 0 Å². The number of esters is 2. The van der Waals surface area contributed by atoms with E-state index in [-0.39, 0.29) is 37.2 Å². The van der Waals surface area contributed by atoms with Gasteiger partial charge in [0.05, 0.1) is 18.8 Å². The first-order valence-electron chi connectivity index (χ1n) is 6.73. The SMILES string of the molecule is CCOC(=O)CCc1cccc(C(F)F)c1C(=O)OCC. The molecule has 0 spiro atoms. The summed E-state index contributed by atoms with van der Waals surface area (Å²) in [5.41, 5.74) is -0.173. The molecule has 0 N–H and O–H groups in total. The van der Waals surface area contributed by atoms with Crippen LogP contribution < -0.4 is 0 Å². The fourth-order valence-electron chi connectivity index (χ4n) is 1.93. The van der Waals surface area contributed by atoms with Gasteiger partial charge in [0.1, 0.15) is 0 Å². The van der Waals surface area contributed by atoms with Crippen molar-refractivity contribution in [2.24, 2.45) is 0 Å². The molecule has 0 atom stereocenters. The molecule has 0 aliphatic heterocycles. The molecular weight excluding hydrogens is 282 g/mol. The van der Waals surface area contributed by atoms with Gasteiger partial charge in [-0.1, -0.05) is 18.2 Å². The summed E-state index contributed by atoms with van der Waals surface area (Å²) in [6.45, 7) is 3.62. The van der Waals surface area contributed by atoms with Crippen molar-refractivity contribution >= 4 is 11.9 Å². The van der Waals surface area contributed by atoms with Gasteiger partial charge in [-0.25, -0.2) is 13.6 Å². The van der Waals surface area contributed by atoms with Gasteiger partial charge in [-0.2, -0.15) is 0 Å². The van der Waals surface area contributed by atoms with Gasteiger partial charge in [0.2, 0.25) is 0 Å². The lowest BCUT2D eigenvalue weighted by Gasteiger charge is -2.13. The van der Waals surface area contributed by atoms with Crippen LogP contribution in [-0.4, -0.2) is 25.2 Å². The minimum absolute atomic E-state index is 0.0208. The average Bonchev–Trinajstić information content (AvgIpc) is 2.45. The van der Waals surface area contributed by atoms with Crippen LogP contribution in [0.15, 0.2) is 18.2 Å². The summed E-state index contributed by atoms with van der Waals surface area (Å²) >= 11 is 0. The van der Waals surface area contributed by atoms with Crippen LogP contribution in [0.25, 0.3) is 0 Å². The summed E-state index contributed by atoms with van der Waals surface area (Å²) in [6.07, 6.45) is -2.62. The Morgan fingerprint density at radius 3 is 2.38 bits per heavy atom. The first-order chi connectivity index (χ1) is 10.0. The van der Waals surface area contributed by atoms with Crippen LogP contribution in [0.1, 0.15) is 48.2 Å². The second-order valence-electron chi connectivity index (χ2n) is 4.21. The molecule has 1 aromatic rings. The Labute approximate surface area is 122 Å². The third-order valence-electron chi connectivity index (χ3n) is 2.80. The number of hydrogen-bond donors (Lipinski definition) is 0. The lowest BCUT2D eigenvalue weighted by Crippen LogP contribution is -2.13. The van der Waals surface area contributed by atoms with Crippen LogP contribution in [0.3, 0.4) is 0 Å². The Kier molecular flexibility index (Phi) is 6.78. The van der Waals surface area contributed by atoms with Crippen molar-refractivity contribution in [2.75, 3.05) is 13.2 Å². The standard InChI is InChI=1S/C15H18F2O4/c1-3-20-12(18)9-8-10-6-5-7-11(14(16)17)13(10)15(19)21-4-2/h5-7,14H,3-4,8-9H2,1-2H3. The molecule has 0 bridgehead atoms. The molecule has 1 aromatic carbocycles. The lowest BCUT2D eigenvalue weighted by molar-refractivity contribution is -0.143. The number of rotatable bonds is 7. The van der Waals surface area contributed by atoms with E-state index in [1.165, 1.54) is 18.2 Å². The number of ether oxygens (including phenoxy) is 2. The highest BCUT2D eigenvalue weighted by Crippen LogP contribution is 2.27. The molecule has 1 rings (SSSR count). The van der Waals surface area contributed by atoms with E-state index in [0.29, 0.717) is 5.56 Å². The van der Waals surface area contributed by atoms with Crippen molar-refractivity contribution in [3.05, 3.63) is 34.9 Å². The van der Waals surface area contributed by atoms with Crippen LogP contribution in [-0.2, 0) is 20.7 Å². The van der Waals surface area contributed by atoms with E-state index in [0.717, 1.165) is 0 Å². The van der Waals surface area contributed by atoms with Gasteiger partial charge in [-0.15, -0.1) is 0 Å². The zero-order chi connectivity index (χ0) is 15.8. The highest BCUT2D eigenvalue weighted by atomic mass is 19.3. The molecule has 0 radical (unpaired) electrons. The van der Waals surface area contributed by atoms with Crippen LogP contribution >= 0.6 is 0 Å². The average molecular weight is 300 g/mol. The third kappa shape index (κ3) is 4.81. The molecule has 0 unspecified atom stereocenters. The van der Waals surface area contributed by atoms with E-state index in [1.54, 1.807) is 13.8 Å². The van der Waals surface area contributed by atoms with Crippen LogP contribution in [0.2, 0.25) is 0 Å². The molecule has 0 saturated heterocycles. The maximum atomic E-state index is 13.0. The topological polar surface area (TPSA) is 52.6 Å². The van der Waals surface area contributed by atoms with Crippen LogP contribution in [0.5, 0.6) is 0 Å². The first-order valence-corrected chi connectivity index (χ1v) is 6.73. The number of hydrogen-bond acceptors (Lipinski definition) is 4. The second kappa shape index (κ2) is 8.34. The quantitative estimate of drug-likeness (QED) is 0.725. The Morgan fingerprint density at radius 2 is 1.81 bits per heavy atom. The van der Waals surface area contributed by atoms with Crippen molar-refractivity contribution in [3.8, 4) is 0 Å². The van der Waals surface area contributed by atoms with Crippen molar-refractivity contribution in [2.45, 2.75) is 33.1 Å². The van der Waals surface area contributed by atoms with Gasteiger partial charge in [0.15, 0.2) is 0 Å². The predicted octanol–water partition coefficient (Wildman–Crippen LogP) is 3.30. The molecule has 4 nitrogen and oxygen atoms in total. The Hall–Kier alpha value is -1.98. The zero-order valence-corrected chi connectivity index (χ0v) is 12.0. The maximum Gasteiger partial charge on any atom is 0.338 e. The fourth-order valence-corrected chi connectivity index (χ4v) is 1.93. The molecule has 0 fully saturated rings. The number of aryl methyl sites for hydroxylation is 1. The second-order valence-corrected chi connectivity index (χ2v) is 4.21. The van der Waals surface area contributed by atoms with Crippen LogP contribution in [0, 0.1) is 0 Å². The minimum Gasteiger partial charge on any atom is -0.466 e. The van der Waals surface area contributed by atoms with Crippen molar-refractivity contribution in [1.82, 2.24) is 0 Å². The molecule has 0 aliphatic carbocycles.